The summed E-state index contributed by atoms with van der Waals surface area (Å²) in [5.41, 5.74) is -0.0351. The van der Waals surface area contributed by atoms with E-state index in [-0.39, 0.29) is 29.6 Å². The van der Waals surface area contributed by atoms with Crippen LogP contribution in [0.3, 0.4) is 0 Å². The lowest BCUT2D eigenvalue weighted by atomic mass is 9.97. The molecule has 1 unspecified atom stereocenters. The number of hydrogen-bond donors (Lipinski definition) is 2. The Hall–Kier alpha value is -3.34. The van der Waals surface area contributed by atoms with Gasteiger partial charge in [0.2, 0.25) is 11.8 Å². The molecule has 2 N–H and O–H groups in total. The highest BCUT2D eigenvalue weighted by molar-refractivity contribution is 7.22. The molecule has 1 saturated heterocycles. The van der Waals surface area contributed by atoms with Gasteiger partial charge in [-0.15, -0.1) is 0 Å². The molecule has 1 aliphatic rings. The molecule has 0 bridgehead atoms. The number of fused-ring (bicyclic) bond motifs is 1. The van der Waals surface area contributed by atoms with Crippen LogP contribution in [0.15, 0.2) is 35.4 Å². The number of hydrogen-bond acceptors (Lipinski definition) is 7. The molecule has 11 heteroatoms. The average Bonchev–Trinajstić information content (AvgIpc) is 3.23. The highest BCUT2D eigenvalue weighted by atomic mass is 32.1. The van der Waals surface area contributed by atoms with Gasteiger partial charge in [-0.3, -0.25) is 19.0 Å². The zero-order valence-corrected chi connectivity index (χ0v) is 18.3. The van der Waals surface area contributed by atoms with Crippen LogP contribution in [-0.2, 0) is 16.1 Å². The zero-order chi connectivity index (χ0) is 22.7. The Kier molecular flexibility index (Phi) is 6.45. The second-order valence-electron chi connectivity index (χ2n) is 7.53. The van der Waals surface area contributed by atoms with Gasteiger partial charge in [-0.1, -0.05) is 23.5 Å². The molecule has 32 heavy (non-hydrogen) atoms. The Morgan fingerprint density at radius 2 is 2.12 bits per heavy atom. The number of thiazole rings is 1. The van der Waals surface area contributed by atoms with Crippen LogP contribution in [0, 0.1) is 11.7 Å². The monoisotopic (exact) mass is 458 g/mol. The van der Waals surface area contributed by atoms with E-state index in [2.05, 4.69) is 20.6 Å². The number of aromatic nitrogens is 3. The lowest BCUT2D eigenvalue weighted by Crippen LogP contribution is -2.43. The molecule has 4 rings (SSSR count). The summed E-state index contributed by atoms with van der Waals surface area (Å²) in [6.45, 7) is 3.45. The normalized spacial score (nSPS) is 16.2. The largest absolute Gasteiger partial charge is 0.356 e. The van der Waals surface area contributed by atoms with E-state index in [4.69, 9.17) is 0 Å². The predicted molar refractivity (Wildman–Crippen MR) is 120 cm³/mol. The number of carbonyl (C=O) groups excluding carboxylic acids is 2. The summed E-state index contributed by atoms with van der Waals surface area (Å²) in [5, 5.41) is 5.95. The molecule has 3 aromatic rings. The first-order chi connectivity index (χ1) is 15.5. The lowest BCUT2D eigenvalue weighted by molar-refractivity contribution is -0.125. The van der Waals surface area contributed by atoms with Crippen molar-refractivity contribution < 1.29 is 14.0 Å². The van der Waals surface area contributed by atoms with Gasteiger partial charge in [-0.25, -0.2) is 9.37 Å². The third-order valence-electron chi connectivity index (χ3n) is 5.25. The Bertz CT molecular complexity index is 1210. The molecule has 0 aliphatic carbocycles. The van der Waals surface area contributed by atoms with Crippen molar-refractivity contribution in [3.63, 3.8) is 0 Å². The highest BCUT2D eigenvalue weighted by Crippen LogP contribution is 2.29. The first kappa shape index (κ1) is 21.9. The van der Waals surface area contributed by atoms with E-state index in [1.165, 1.54) is 40.4 Å². The van der Waals surface area contributed by atoms with Crippen LogP contribution in [0.2, 0.25) is 0 Å². The fourth-order valence-corrected chi connectivity index (χ4v) is 4.68. The number of para-hydroxylation sites is 1. The Morgan fingerprint density at radius 1 is 1.31 bits per heavy atom. The quantitative estimate of drug-likeness (QED) is 0.585. The zero-order valence-electron chi connectivity index (χ0n) is 17.5. The summed E-state index contributed by atoms with van der Waals surface area (Å²) in [4.78, 5) is 48.1. The third kappa shape index (κ3) is 4.62. The number of piperidine rings is 1. The van der Waals surface area contributed by atoms with Crippen LogP contribution in [0.25, 0.3) is 10.3 Å². The first-order valence-electron chi connectivity index (χ1n) is 10.4. The Morgan fingerprint density at radius 3 is 2.91 bits per heavy atom. The van der Waals surface area contributed by atoms with Crippen molar-refractivity contribution in [2.45, 2.75) is 26.3 Å². The fraction of sp³-hybridized carbons (Fsp3) is 0.381. The van der Waals surface area contributed by atoms with Crippen LogP contribution < -0.4 is 21.1 Å². The van der Waals surface area contributed by atoms with Gasteiger partial charge in [-0.2, -0.15) is 4.98 Å². The molecule has 1 fully saturated rings. The second-order valence-corrected chi connectivity index (χ2v) is 8.51. The lowest BCUT2D eigenvalue weighted by Gasteiger charge is -2.31. The van der Waals surface area contributed by atoms with Gasteiger partial charge in [0.1, 0.15) is 23.4 Å². The minimum absolute atomic E-state index is 0.0275. The van der Waals surface area contributed by atoms with E-state index in [9.17, 15) is 18.8 Å². The molecular weight excluding hydrogens is 435 g/mol. The van der Waals surface area contributed by atoms with Crippen LogP contribution in [0.4, 0.5) is 15.2 Å². The minimum atomic E-state index is -0.554. The number of nitrogens with one attached hydrogen (secondary N) is 2. The molecule has 1 aliphatic heterocycles. The number of nitrogens with zero attached hydrogens (tertiary/aromatic N) is 4. The van der Waals surface area contributed by atoms with Gasteiger partial charge in [0.25, 0.3) is 5.56 Å². The van der Waals surface area contributed by atoms with Crippen molar-refractivity contribution in [1.82, 2.24) is 19.9 Å². The van der Waals surface area contributed by atoms with Crippen molar-refractivity contribution in [3.05, 3.63) is 46.8 Å². The summed E-state index contributed by atoms with van der Waals surface area (Å²) in [6, 6.07) is 5.81. The Labute approximate surface area is 187 Å². The maximum Gasteiger partial charge on any atom is 0.273 e. The number of amides is 2. The van der Waals surface area contributed by atoms with Gasteiger partial charge >= 0.3 is 0 Å². The van der Waals surface area contributed by atoms with Crippen LogP contribution in [0.1, 0.15) is 19.8 Å². The van der Waals surface area contributed by atoms with E-state index < -0.39 is 11.7 Å². The van der Waals surface area contributed by atoms with E-state index in [1.807, 2.05) is 11.8 Å². The van der Waals surface area contributed by atoms with E-state index in [1.54, 1.807) is 6.07 Å². The maximum absolute atomic E-state index is 13.7. The van der Waals surface area contributed by atoms with E-state index >= 15 is 0 Å². The molecule has 0 spiro atoms. The number of benzene rings is 1. The summed E-state index contributed by atoms with van der Waals surface area (Å²) in [5.74, 6) is -1.19. The Balaban J connectivity index is 1.51. The summed E-state index contributed by atoms with van der Waals surface area (Å²) < 4.78 is 15.3. The number of carbonyl (C=O) groups is 2. The van der Waals surface area contributed by atoms with Crippen molar-refractivity contribution >= 4 is 44.3 Å². The summed E-state index contributed by atoms with van der Waals surface area (Å²) in [7, 11) is 0. The first-order valence-corrected chi connectivity index (χ1v) is 11.2. The van der Waals surface area contributed by atoms with Gasteiger partial charge < -0.3 is 15.5 Å². The topological polar surface area (TPSA) is 109 Å². The van der Waals surface area contributed by atoms with Gasteiger partial charge in [-0.05, 0) is 31.9 Å². The molecule has 2 amide bonds. The van der Waals surface area contributed by atoms with Crippen molar-refractivity contribution in [2.75, 3.05) is 29.9 Å². The summed E-state index contributed by atoms with van der Waals surface area (Å²) >= 11 is 1.20. The molecule has 0 radical (unpaired) electrons. The molecule has 0 saturated carbocycles. The van der Waals surface area contributed by atoms with E-state index in [0.29, 0.717) is 28.6 Å². The SMILES string of the molecule is CCNC(=O)C1CCCN(c2nc3ncn(CC(=O)Nc4ccccc4F)c(=O)c3s2)C1. The molecular formula is C21H23FN6O3S. The number of halogens is 1. The molecule has 1 aromatic carbocycles. The smallest absolute Gasteiger partial charge is 0.273 e. The molecule has 2 aromatic heterocycles. The maximum atomic E-state index is 13.7. The minimum Gasteiger partial charge on any atom is -0.356 e. The standard InChI is InChI=1S/C21H23FN6O3S/c1-2-23-19(30)13-6-5-9-27(10-13)21-26-18-17(32-21)20(31)28(12-24-18)11-16(29)25-15-8-4-3-7-14(15)22/h3-4,7-8,12-13H,2,5-6,9-11H2,1H3,(H,23,30)(H,25,29). The predicted octanol–water partition coefficient (Wildman–Crippen LogP) is 1.98. The third-order valence-corrected chi connectivity index (χ3v) is 6.34. The number of anilines is 2. The molecule has 168 valence electrons. The molecule has 1 atom stereocenters. The van der Waals surface area contributed by atoms with Crippen molar-refractivity contribution in [3.8, 4) is 0 Å². The van der Waals surface area contributed by atoms with Gasteiger partial charge in [0.05, 0.1) is 11.6 Å². The van der Waals surface area contributed by atoms with E-state index in [0.717, 1.165) is 19.4 Å². The molecule has 3 heterocycles. The van der Waals surface area contributed by atoms with Crippen LogP contribution in [-0.4, -0.2) is 46.0 Å². The fourth-order valence-electron chi connectivity index (χ4n) is 3.67. The van der Waals surface area contributed by atoms with Gasteiger partial charge in [0, 0.05) is 19.6 Å². The average molecular weight is 459 g/mol. The van der Waals surface area contributed by atoms with Crippen LogP contribution in [0.5, 0.6) is 0 Å². The van der Waals surface area contributed by atoms with Crippen molar-refractivity contribution in [1.29, 1.82) is 0 Å². The highest BCUT2D eigenvalue weighted by Gasteiger charge is 2.27. The number of rotatable bonds is 6. The summed E-state index contributed by atoms with van der Waals surface area (Å²) in [6.07, 6.45) is 2.93. The van der Waals surface area contributed by atoms with Crippen molar-refractivity contribution in [2.24, 2.45) is 5.92 Å². The second kappa shape index (κ2) is 9.43. The molecule has 9 nitrogen and oxygen atoms in total. The van der Waals surface area contributed by atoms with Gasteiger partial charge in [0.15, 0.2) is 10.8 Å². The van der Waals surface area contributed by atoms with Crippen LogP contribution >= 0.6 is 11.3 Å².